The van der Waals surface area contributed by atoms with Gasteiger partial charge in [0.1, 0.15) is 11.7 Å². The van der Waals surface area contributed by atoms with Crippen molar-refractivity contribution >= 4 is 17.7 Å². The van der Waals surface area contributed by atoms with Gasteiger partial charge in [-0.05, 0) is 32.3 Å². The summed E-state index contributed by atoms with van der Waals surface area (Å²) in [5.74, 6) is -1.96. The van der Waals surface area contributed by atoms with E-state index in [1.807, 2.05) is 0 Å². The first-order valence-electron chi connectivity index (χ1n) is 6.40. The summed E-state index contributed by atoms with van der Waals surface area (Å²) in [7, 11) is 0. The highest BCUT2D eigenvalue weighted by Crippen LogP contribution is 2.18. The number of carbonyl (C=O) groups is 3. The van der Waals surface area contributed by atoms with Gasteiger partial charge in [-0.3, -0.25) is 9.59 Å². The second kappa shape index (κ2) is 5.90. The topological polar surface area (TPSA) is 99.3 Å². The lowest BCUT2D eigenvalue weighted by atomic mass is 10.0. The van der Waals surface area contributed by atoms with Gasteiger partial charge >= 0.3 is 5.97 Å². The molecule has 1 aromatic rings. The van der Waals surface area contributed by atoms with Crippen LogP contribution in [0.15, 0.2) is 0 Å². The van der Waals surface area contributed by atoms with E-state index in [1.165, 1.54) is 6.92 Å². The van der Waals surface area contributed by atoms with Crippen molar-refractivity contribution in [2.75, 3.05) is 0 Å². The Morgan fingerprint density at radius 3 is 2.10 bits per heavy atom. The van der Waals surface area contributed by atoms with Gasteiger partial charge in [0.2, 0.25) is 0 Å². The van der Waals surface area contributed by atoms with Gasteiger partial charge in [-0.1, -0.05) is 13.8 Å². The SMILES string of the molecule is CC(=O)c1c(C)[nH]c(C(=O)NC(C(=O)O)C(C)C)c1C. The summed E-state index contributed by atoms with van der Waals surface area (Å²) in [5.41, 5.74) is 1.86. The number of aryl methyl sites for hydroxylation is 1. The third-order valence-electron chi connectivity index (χ3n) is 3.24. The zero-order valence-electron chi connectivity index (χ0n) is 12.3. The van der Waals surface area contributed by atoms with Gasteiger partial charge in [-0.15, -0.1) is 0 Å². The first-order valence-corrected chi connectivity index (χ1v) is 6.40. The monoisotopic (exact) mass is 280 g/mol. The Labute approximate surface area is 117 Å². The van der Waals surface area contributed by atoms with Gasteiger partial charge in [0.15, 0.2) is 5.78 Å². The third kappa shape index (κ3) is 3.07. The Hall–Kier alpha value is -2.11. The summed E-state index contributed by atoms with van der Waals surface area (Å²) >= 11 is 0. The standard InChI is InChI=1S/C14H20N2O4/c1-6(2)11(14(19)20)16-13(18)12-7(3)10(9(5)17)8(4)15-12/h6,11,15H,1-5H3,(H,16,18)(H,19,20). The van der Waals surface area contributed by atoms with Gasteiger partial charge in [0.25, 0.3) is 5.91 Å². The molecule has 0 aliphatic heterocycles. The quantitative estimate of drug-likeness (QED) is 0.714. The molecule has 0 aliphatic carbocycles. The molecule has 1 rings (SSSR count). The molecule has 0 aliphatic rings. The molecular weight excluding hydrogens is 260 g/mol. The van der Waals surface area contributed by atoms with Crippen LogP contribution in [0.2, 0.25) is 0 Å². The molecule has 110 valence electrons. The highest BCUT2D eigenvalue weighted by atomic mass is 16.4. The summed E-state index contributed by atoms with van der Waals surface area (Å²) < 4.78 is 0. The van der Waals surface area contributed by atoms with Crippen LogP contribution in [0.25, 0.3) is 0 Å². The second-order valence-electron chi connectivity index (χ2n) is 5.21. The van der Waals surface area contributed by atoms with Crippen LogP contribution in [-0.2, 0) is 4.79 Å². The average molecular weight is 280 g/mol. The first-order chi connectivity index (χ1) is 9.16. The Bertz CT molecular complexity index is 558. The van der Waals surface area contributed by atoms with E-state index in [0.717, 1.165) is 0 Å². The molecule has 6 nitrogen and oxygen atoms in total. The summed E-state index contributed by atoms with van der Waals surface area (Å²) in [6.45, 7) is 8.23. The van der Waals surface area contributed by atoms with E-state index in [4.69, 9.17) is 5.11 Å². The first kappa shape index (κ1) is 15.9. The Morgan fingerprint density at radius 1 is 1.20 bits per heavy atom. The summed E-state index contributed by atoms with van der Waals surface area (Å²) in [6.07, 6.45) is 0. The van der Waals surface area contributed by atoms with E-state index in [0.29, 0.717) is 16.8 Å². The lowest BCUT2D eigenvalue weighted by Gasteiger charge is -2.17. The number of Topliss-reactive ketones (excluding diaryl/α,β-unsaturated/α-hetero) is 1. The largest absolute Gasteiger partial charge is 0.480 e. The molecular formula is C14H20N2O4. The fraction of sp³-hybridized carbons (Fsp3) is 0.500. The van der Waals surface area contributed by atoms with Crippen LogP contribution in [0.5, 0.6) is 0 Å². The molecule has 6 heteroatoms. The molecule has 1 heterocycles. The number of carboxylic acids is 1. The van der Waals surface area contributed by atoms with E-state index in [1.54, 1.807) is 27.7 Å². The van der Waals surface area contributed by atoms with Crippen LogP contribution >= 0.6 is 0 Å². The lowest BCUT2D eigenvalue weighted by Crippen LogP contribution is -2.44. The van der Waals surface area contributed by atoms with Crippen LogP contribution < -0.4 is 5.32 Å². The smallest absolute Gasteiger partial charge is 0.326 e. The van der Waals surface area contributed by atoms with E-state index in [9.17, 15) is 14.4 Å². The minimum absolute atomic E-state index is 0.131. The number of rotatable bonds is 5. The number of ketones is 1. The van der Waals surface area contributed by atoms with Crippen molar-refractivity contribution in [3.8, 4) is 0 Å². The number of hydrogen-bond donors (Lipinski definition) is 3. The highest BCUT2D eigenvalue weighted by Gasteiger charge is 2.26. The van der Waals surface area contributed by atoms with Crippen LogP contribution in [0, 0.1) is 19.8 Å². The summed E-state index contributed by atoms with van der Waals surface area (Å²) in [4.78, 5) is 37.6. The summed E-state index contributed by atoms with van der Waals surface area (Å²) in [5, 5.41) is 11.5. The predicted molar refractivity (Wildman–Crippen MR) is 74.0 cm³/mol. The number of amides is 1. The van der Waals surface area contributed by atoms with Crippen molar-refractivity contribution in [1.82, 2.24) is 10.3 Å². The van der Waals surface area contributed by atoms with Crippen LogP contribution in [0.4, 0.5) is 0 Å². The van der Waals surface area contributed by atoms with Crippen LogP contribution in [-0.4, -0.2) is 33.8 Å². The van der Waals surface area contributed by atoms with Crippen molar-refractivity contribution < 1.29 is 19.5 Å². The Balaban J connectivity index is 3.08. The highest BCUT2D eigenvalue weighted by molar-refractivity contribution is 6.03. The van der Waals surface area contributed by atoms with Gasteiger partial charge in [-0.2, -0.15) is 0 Å². The van der Waals surface area contributed by atoms with E-state index in [2.05, 4.69) is 10.3 Å². The molecule has 1 unspecified atom stereocenters. The summed E-state index contributed by atoms with van der Waals surface area (Å²) in [6, 6.07) is -0.966. The third-order valence-corrected chi connectivity index (χ3v) is 3.24. The van der Waals surface area contributed by atoms with Gasteiger partial charge in [0, 0.05) is 11.3 Å². The van der Waals surface area contributed by atoms with Crippen LogP contribution in [0.3, 0.4) is 0 Å². The molecule has 0 saturated heterocycles. The molecule has 0 saturated carbocycles. The Kier molecular flexibility index (Phi) is 4.70. The number of nitrogens with one attached hydrogen (secondary N) is 2. The van der Waals surface area contributed by atoms with E-state index < -0.39 is 17.9 Å². The molecule has 0 fully saturated rings. The normalized spacial score (nSPS) is 12.3. The molecule has 0 spiro atoms. The fourth-order valence-corrected chi connectivity index (χ4v) is 2.23. The zero-order chi connectivity index (χ0) is 15.6. The Morgan fingerprint density at radius 2 is 1.75 bits per heavy atom. The maximum absolute atomic E-state index is 12.2. The number of aromatic amines is 1. The van der Waals surface area contributed by atoms with Crippen molar-refractivity contribution in [3.63, 3.8) is 0 Å². The number of carboxylic acid groups (broad SMARTS) is 1. The van der Waals surface area contributed by atoms with Crippen molar-refractivity contribution in [2.24, 2.45) is 5.92 Å². The van der Waals surface area contributed by atoms with Gasteiger partial charge in [-0.25, -0.2) is 4.79 Å². The lowest BCUT2D eigenvalue weighted by molar-refractivity contribution is -0.140. The molecule has 0 bridgehead atoms. The van der Waals surface area contributed by atoms with Crippen molar-refractivity contribution in [2.45, 2.75) is 40.7 Å². The van der Waals surface area contributed by atoms with Crippen LogP contribution in [0.1, 0.15) is 52.9 Å². The number of aromatic nitrogens is 1. The molecule has 0 aromatic carbocycles. The second-order valence-corrected chi connectivity index (χ2v) is 5.21. The maximum atomic E-state index is 12.2. The van der Waals surface area contributed by atoms with Crippen molar-refractivity contribution in [3.05, 3.63) is 22.5 Å². The number of carbonyl (C=O) groups excluding carboxylic acids is 2. The minimum Gasteiger partial charge on any atom is -0.480 e. The van der Waals surface area contributed by atoms with Crippen molar-refractivity contribution in [1.29, 1.82) is 0 Å². The number of aliphatic carboxylic acids is 1. The number of H-pyrrole nitrogens is 1. The number of hydrogen-bond acceptors (Lipinski definition) is 3. The zero-order valence-corrected chi connectivity index (χ0v) is 12.3. The van der Waals surface area contributed by atoms with Gasteiger partial charge in [0.05, 0.1) is 0 Å². The molecule has 20 heavy (non-hydrogen) atoms. The molecule has 1 atom stereocenters. The average Bonchev–Trinajstić information content (AvgIpc) is 2.60. The minimum atomic E-state index is -1.08. The fourth-order valence-electron chi connectivity index (χ4n) is 2.23. The molecule has 3 N–H and O–H groups in total. The predicted octanol–water partition coefficient (Wildman–Crippen LogP) is 1.67. The van der Waals surface area contributed by atoms with E-state index >= 15 is 0 Å². The van der Waals surface area contributed by atoms with E-state index in [-0.39, 0.29) is 17.4 Å². The molecule has 1 amide bonds. The maximum Gasteiger partial charge on any atom is 0.326 e. The molecule has 1 aromatic heterocycles. The van der Waals surface area contributed by atoms with Gasteiger partial charge < -0.3 is 15.4 Å². The molecule has 0 radical (unpaired) electrons.